The summed E-state index contributed by atoms with van der Waals surface area (Å²) < 4.78 is 32.7. The zero-order valence-corrected chi connectivity index (χ0v) is 11.6. The van der Waals surface area contributed by atoms with Crippen molar-refractivity contribution < 1.29 is 13.5 Å². The third-order valence-corrected chi connectivity index (χ3v) is 3.17. The molecule has 3 nitrogen and oxygen atoms in total. The van der Waals surface area contributed by atoms with E-state index in [2.05, 4.69) is 10.3 Å². The number of pyridine rings is 1. The van der Waals surface area contributed by atoms with E-state index in [1.54, 1.807) is 32.3 Å². The summed E-state index contributed by atoms with van der Waals surface area (Å²) in [6.45, 7) is 1.60. The van der Waals surface area contributed by atoms with Gasteiger partial charge >= 0.3 is 0 Å². The molecule has 0 saturated heterocycles. The number of ether oxygens (including phenoxy) is 1. The van der Waals surface area contributed by atoms with Gasteiger partial charge in [0.2, 0.25) is 0 Å². The van der Waals surface area contributed by atoms with Crippen LogP contribution in [0.2, 0.25) is 0 Å². The lowest BCUT2D eigenvalue weighted by atomic mass is 9.99. The highest BCUT2D eigenvalue weighted by molar-refractivity contribution is 5.39. The first kappa shape index (κ1) is 14.4. The van der Waals surface area contributed by atoms with Gasteiger partial charge in [0.15, 0.2) is 0 Å². The van der Waals surface area contributed by atoms with E-state index < -0.39 is 17.7 Å². The van der Waals surface area contributed by atoms with Gasteiger partial charge in [-0.2, -0.15) is 0 Å². The van der Waals surface area contributed by atoms with Crippen LogP contribution in [-0.4, -0.2) is 19.1 Å². The van der Waals surface area contributed by atoms with Crippen molar-refractivity contribution in [3.05, 3.63) is 58.9 Å². The third kappa shape index (κ3) is 2.63. The molecule has 1 aromatic heterocycles. The van der Waals surface area contributed by atoms with Crippen LogP contribution in [0.5, 0.6) is 5.75 Å². The Labute approximate surface area is 116 Å². The van der Waals surface area contributed by atoms with E-state index in [0.717, 1.165) is 6.07 Å². The summed E-state index contributed by atoms with van der Waals surface area (Å²) in [5.41, 5.74) is 1.28. The summed E-state index contributed by atoms with van der Waals surface area (Å²) >= 11 is 0. The Morgan fingerprint density at radius 1 is 1.25 bits per heavy atom. The number of halogens is 2. The molecule has 0 aliphatic heterocycles. The van der Waals surface area contributed by atoms with E-state index in [4.69, 9.17) is 4.74 Å². The molecule has 5 heteroatoms. The van der Waals surface area contributed by atoms with E-state index in [1.165, 1.54) is 13.2 Å². The number of aromatic nitrogens is 1. The Bertz CT molecular complexity index is 617. The molecular weight excluding hydrogens is 262 g/mol. The van der Waals surface area contributed by atoms with Gasteiger partial charge in [-0.05, 0) is 37.7 Å². The number of aryl methyl sites for hydroxylation is 1. The zero-order valence-electron chi connectivity index (χ0n) is 11.6. The zero-order chi connectivity index (χ0) is 14.7. The second-order valence-corrected chi connectivity index (χ2v) is 4.44. The molecule has 0 bridgehead atoms. The number of rotatable bonds is 4. The molecule has 2 rings (SSSR count). The van der Waals surface area contributed by atoms with Crippen LogP contribution in [0.3, 0.4) is 0 Å². The first-order valence-corrected chi connectivity index (χ1v) is 6.20. The maximum atomic E-state index is 14.0. The Morgan fingerprint density at radius 3 is 2.65 bits per heavy atom. The standard InChI is InChI=1S/C15H16F2N2O/c1-9-7-10(12(17)8-11(9)16)14(18-2)15-13(20-3)5-4-6-19-15/h4-8,14,18H,1-3H3. The summed E-state index contributed by atoms with van der Waals surface area (Å²) in [6, 6.07) is 5.36. The monoisotopic (exact) mass is 278 g/mol. The minimum absolute atomic E-state index is 0.336. The molecule has 1 heterocycles. The summed E-state index contributed by atoms with van der Waals surface area (Å²) in [7, 11) is 3.22. The van der Waals surface area contributed by atoms with Crippen LogP contribution in [0.4, 0.5) is 8.78 Å². The fraction of sp³-hybridized carbons (Fsp3) is 0.267. The molecule has 0 fully saturated rings. The fourth-order valence-electron chi connectivity index (χ4n) is 2.13. The normalized spacial score (nSPS) is 12.2. The maximum absolute atomic E-state index is 14.0. The minimum atomic E-state index is -0.611. The quantitative estimate of drug-likeness (QED) is 0.933. The van der Waals surface area contributed by atoms with Gasteiger partial charge in [-0.15, -0.1) is 0 Å². The lowest BCUT2D eigenvalue weighted by Gasteiger charge is -2.19. The lowest BCUT2D eigenvalue weighted by Crippen LogP contribution is -2.21. The van der Waals surface area contributed by atoms with Crippen molar-refractivity contribution in [2.75, 3.05) is 14.2 Å². The maximum Gasteiger partial charge on any atom is 0.142 e. The van der Waals surface area contributed by atoms with E-state index in [-0.39, 0.29) is 0 Å². The smallest absolute Gasteiger partial charge is 0.142 e. The summed E-state index contributed by atoms with van der Waals surface area (Å²) in [6.07, 6.45) is 1.61. The van der Waals surface area contributed by atoms with Crippen molar-refractivity contribution in [1.29, 1.82) is 0 Å². The van der Waals surface area contributed by atoms with Crippen LogP contribution in [-0.2, 0) is 0 Å². The molecule has 0 amide bonds. The van der Waals surface area contributed by atoms with E-state index in [0.29, 0.717) is 22.6 Å². The van der Waals surface area contributed by atoms with Crippen LogP contribution in [0.25, 0.3) is 0 Å². The van der Waals surface area contributed by atoms with Gasteiger partial charge in [0.1, 0.15) is 23.1 Å². The van der Waals surface area contributed by atoms with Crippen molar-refractivity contribution in [2.45, 2.75) is 13.0 Å². The summed E-state index contributed by atoms with van der Waals surface area (Å²) in [5.74, 6) is -0.623. The molecule has 1 aromatic carbocycles. The molecule has 0 saturated carbocycles. The molecule has 1 N–H and O–H groups in total. The van der Waals surface area contributed by atoms with Crippen LogP contribution < -0.4 is 10.1 Å². The number of benzene rings is 1. The molecule has 20 heavy (non-hydrogen) atoms. The Morgan fingerprint density at radius 2 is 2.00 bits per heavy atom. The molecule has 0 radical (unpaired) electrons. The van der Waals surface area contributed by atoms with E-state index in [9.17, 15) is 8.78 Å². The van der Waals surface area contributed by atoms with Gasteiger partial charge in [-0.3, -0.25) is 4.98 Å². The highest BCUT2D eigenvalue weighted by Crippen LogP contribution is 2.30. The molecule has 1 unspecified atom stereocenters. The van der Waals surface area contributed by atoms with Gasteiger partial charge in [-0.25, -0.2) is 8.78 Å². The van der Waals surface area contributed by atoms with Crippen molar-refractivity contribution in [3.63, 3.8) is 0 Å². The average molecular weight is 278 g/mol. The Balaban J connectivity index is 2.55. The predicted molar refractivity (Wildman–Crippen MR) is 72.8 cm³/mol. The predicted octanol–water partition coefficient (Wildman–Crippen LogP) is 2.99. The Kier molecular flexibility index (Phi) is 4.29. The summed E-state index contributed by atoms with van der Waals surface area (Å²) in [4.78, 5) is 4.24. The van der Waals surface area contributed by atoms with Gasteiger partial charge in [0, 0.05) is 17.8 Å². The highest BCUT2D eigenvalue weighted by Gasteiger charge is 2.22. The van der Waals surface area contributed by atoms with Gasteiger partial charge < -0.3 is 10.1 Å². The number of hydrogen-bond acceptors (Lipinski definition) is 3. The minimum Gasteiger partial charge on any atom is -0.495 e. The third-order valence-electron chi connectivity index (χ3n) is 3.17. The highest BCUT2D eigenvalue weighted by atomic mass is 19.1. The lowest BCUT2D eigenvalue weighted by molar-refractivity contribution is 0.400. The molecule has 0 aliphatic rings. The van der Waals surface area contributed by atoms with Gasteiger partial charge in [0.05, 0.1) is 13.2 Å². The number of nitrogens with zero attached hydrogens (tertiary/aromatic N) is 1. The number of hydrogen-bond donors (Lipinski definition) is 1. The van der Waals surface area contributed by atoms with Crippen molar-refractivity contribution in [2.24, 2.45) is 0 Å². The molecule has 0 aliphatic carbocycles. The van der Waals surface area contributed by atoms with Gasteiger partial charge in [0.25, 0.3) is 0 Å². The van der Waals surface area contributed by atoms with E-state index >= 15 is 0 Å². The fourth-order valence-corrected chi connectivity index (χ4v) is 2.13. The second-order valence-electron chi connectivity index (χ2n) is 4.44. The SMILES string of the molecule is CNC(c1cc(C)c(F)cc1F)c1ncccc1OC. The van der Waals surface area contributed by atoms with Crippen molar-refractivity contribution in [1.82, 2.24) is 10.3 Å². The second kappa shape index (κ2) is 5.96. The largest absolute Gasteiger partial charge is 0.495 e. The molecule has 1 atom stereocenters. The topological polar surface area (TPSA) is 34.2 Å². The molecular formula is C15H16F2N2O. The Hall–Kier alpha value is -2.01. The van der Waals surface area contributed by atoms with Crippen LogP contribution in [0, 0.1) is 18.6 Å². The molecule has 2 aromatic rings. The van der Waals surface area contributed by atoms with E-state index in [1.807, 2.05) is 0 Å². The van der Waals surface area contributed by atoms with Crippen molar-refractivity contribution in [3.8, 4) is 5.75 Å². The number of nitrogens with one attached hydrogen (secondary N) is 1. The first-order chi connectivity index (χ1) is 9.58. The molecule has 106 valence electrons. The van der Waals surface area contributed by atoms with Crippen LogP contribution in [0.15, 0.2) is 30.5 Å². The summed E-state index contributed by atoms with van der Waals surface area (Å²) in [5, 5.41) is 2.99. The van der Waals surface area contributed by atoms with Crippen LogP contribution in [0.1, 0.15) is 22.9 Å². The van der Waals surface area contributed by atoms with Crippen LogP contribution >= 0.6 is 0 Å². The van der Waals surface area contributed by atoms with Gasteiger partial charge in [-0.1, -0.05) is 0 Å². The molecule has 0 spiro atoms. The first-order valence-electron chi connectivity index (χ1n) is 6.20. The average Bonchev–Trinajstić information content (AvgIpc) is 2.45. The number of methoxy groups -OCH3 is 1. The van der Waals surface area contributed by atoms with Crippen molar-refractivity contribution >= 4 is 0 Å².